The lowest BCUT2D eigenvalue weighted by Gasteiger charge is -2.38. The van der Waals surface area contributed by atoms with Crippen molar-refractivity contribution in [2.24, 2.45) is 0 Å². The van der Waals surface area contributed by atoms with Crippen LogP contribution >= 0.6 is 0 Å². The Morgan fingerprint density at radius 3 is 2.29 bits per heavy atom. The van der Waals surface area contributed by atoms with Gasteiger partial charge in [0.25, 0.3) is 0 Å². The molecule has 0 saturated carbocycles. The third-order valence-corrected chi connectivity index (χ3v) is 4.12. The zero-order valence-corrected chi connectivity index (χ0v) is 13.0. The number of urea groups is 1. The van der Waals surface area contributed by atoms with E-state index in [4.69, 9.17) is 4.74 Å². The van der Waals surface area contributed by atoms with Crippen molar-refractivity contribution in [2.75, 3.05) is 59.0 Å². The van der Waals surface area contributed by atoms with Crippen molar-refractivity contribution in [1.82, 2.24) is 20.0 Å². The van der Waals surface area contributed by atoms with Crippen LogP contribution in [0.2, 0.25) is 0 Å². The minimum absolute atomic E-state index is 0.0752. The van der Waals surface area contributed by atoms with Gasteiger partial charge in [0.05, 0.1) is 13.2 Å². The fourth-order valence-electron chi connectivity index (χ4n) is 2.76. The number of carbonyl (C=O) groups is 2. The summed E-state index contributed by atoms with van der Waals surface area (Å²) in [6, 6.07) is -0.157. The lowest BCUT2D eigenvalue weighted by atomic mass is 10.2. The molecule has 7 heteroatoms. The zero-order valence-electron chi connectivity index (χ0n) is 13.0. The molecule has 2 aliphatic heterocycles. The Labute approximate surface area is 126 Å². The zero-order chi connectivity index (χ0) is 15.2. The highest BCUT2D eigenvalue weighted by atomic mass is 16.5. The first-order chi connectivity index (χ1) is 10.2. The van der Waals surface area contributed by atoms with Crippen molar-refractivity contribution in [3.63, 3.8) is 0 Å². The minimum atomic E-state index is -0.233. The van der Waals surface area contributed by atoms with Gasteiger partial charge in [-0.25, -0.2) is 4.79 Å². The van der Waals surface area contributed by atoms with Gasteiger partial charge >= 0.3 is 6.03 Å². The Morgan fingerprint density at radius 1 is 1.14 bits per heavy atom. The molecule has 7 nitrogen and oxygen atoms in total. The van der Waals surface area contributed by atoms with Crippen molar-refractivity contribution < 1.29 is 14.3 Å². The summed E-state index contributed by atoms with van der Waals surface area (Å²) in [4.78, 5) is 30.1. The van der Waals surface area contributed by atoms with Crippen LogP contribution in [0.5, 0.6) is 0 Å². The standard InChI is InChI=1S/C14H26N4O3/c1-3-16(4-2)14(20)18-8-6-17(7-9-18)13(19)12-11-21-10-5-15-12/h12,15H,3-11H2,1-2H3. The summed E-state index contributed by atoms with van der Waals surface area (Å²) >= 11 is 0. The van der Waals surface area contributed by atoms with E-state index in [0.29, 0.717) is 39.4 Å². The quantitative estimate of drug-likeness (QED) is 0.769. The second-order valence-corrected chi connectivity index (χ2v) is 5.35. The molecule has 3 amide bonds. The lowest BCUT2D eigenvalue weighted by Crippen LogP contribution is -2.58. The summed E-state index contributed by atoms with van der Waals surface area (Å²) in [6.45, 7) is 9.64. The van der Waals surface area contributed by atoms with Crippen LogP contribution in [-0.2, 0) is 9.53 Å². The molecular formula is C14H26N4O3. The molecule has 120 valence electrons. The van der Waals surface area contributed by atoms with E-state index in [9.17, 15) is 9.59 Å². The van der Waals surface area contributed by atoms with E-state index in [0.717, 1.165) is 19.6 Å². The highest BCUT2D eigenvalue weighted by molar-refractivity contribution is 5.82. The van der Waals surface area contributed by atoms with Crippen LogP contribution in [0, 0.1) is 0 Å². The number of piperazine rings is 1. The second-order valence-electron chi connectivity index (χ2n) is 5.35. The molecule has 1 unspecified atom stereocenters. The molecule has 0 spiro atoms. The number of nitrogens with one attached hydrogen (secondary N) is 1. The number of amides is 3. The van der Waals surface area contributed by atoms with Gasteiger partial charge in [-0.15, -0.1) is 0 Å². The Bertz CT molecular complexity index is 359. The molecule has 2 saturated heterocycles. The molecule has 21 heavy (non-hydrogen) atoms. The Morgan fingerprint density at radius 2 is 1.76 bits per heavy atom. The SMILES string of the molecule is CCN(CC)C(=O)N1CCN(C(=O)C2COCCN2)CC1. The summed E-state index contributed by atoms with van der Waals surface area (Å²) in [7, 11) is 0. The maximum atomic E-state index is 12.3. The van der Waals surface area contributed by atoms with Gasteiger partial charge in [0, 0.05) is 45.8 Å². The molecule has 1 atom stereocenters. The number of hydrogen-bond donors (Lipinski definition) is 1. The normalized spacial score (nSPS) is 23.0. The van der Waals surface area contributed by atoms with Crippen molar-refractivity contribution in [3.8, 4) is 0 Å². The maximum absolute atomic E-state index is 12.3. The van der Waals surface area contributed by atoms with Crippen LogP contribution in [-0.4, -0.2) is 91.7 Å². The molecular weight excluding hydrogens is 272 g/mol. The third kappa shape index (κ3) is 3.85. The lowest BCUT2D eigenvalue weighted by molar-refractivity contribution is -0.137. The second kappa shape index (κ2) is 7.61. The molecule has 0 aromatic heterocycles. The number of hydrogen-bond acceptors (Lipinski definition) is 4. The summed E-state index contributed by atoms with van der Waals surface area (Å²) in [5.74, 6) is 0.0876. The van der Waals surface area contributed by atoms with Crippen LogP contribution < -0.4 is 5.32 Å². The smallest absolute Gasteiger partial charge is 0.320 e. The Kier molecular flexibility index (Phi) is 5.81. The van der Waals surface area contributed by atoms with Gasteiger partial charge in [-0.3, -0.25) is 4.79 Å². The highest BCUT2D eigenvalue weighted by Gasteiger charge is 2.30. The number of rotatable bonds is 3. The largest absolute Gasteiger partial charge is 0.378 e. The molecule has 0 aromatic carbocycles. The number of carbonyl (C=O) groups excluding carboxylic acids is 2. The highest BCUT2D eigenvalue weighted by Crippen LogP contribution is 2.08. The van der Waals surface area contributed by atoms with Crippen LogP contribution in [0.1, 0.15) is 13.8 Å². The number of nitrogens with zero attached hydrogens (tertiary/aromatic N) is 3. The van der Waals surface area contributed by atoms with Gasteiger partial charge in [-0.1, -0.05) is 0 Å². The van der Waals surface area contributed by atoms with E-state index < -0.39 is 0 Å². The first-order valence-electron chi connectivity index (χ1n) is 7.81. The van der Waals surface area contributed by atoms with Gasteiger partial charge < -0.3 is 24.8 Å². The first-order valence-corrected chi connectivity index (χ1v) is 7.81. The summed E-state index contributed by atoms with van der Waals surface area (Å²) < 4.78 is 5.33. The van der Waals surface area contributed by atoms with Gasteiger partial charge in [-0.05, 0) is 13.8 Å². The van der Waals surface area contributed by atoms with Crippen molar-refractivity contribution in [2.45, 2.75) is 19.9 Å². The van der Waals surface area contributed by atoms with Gasteiger partial charge in [-0.2, -0.15) is 0 Å². The maximum Gasteiger partial charge on any atom is 0.320 e. The molecule has 2 fully saturated rings. The minimum Gasteiger partial charge on any atom is -0.378 e. The fourth-order valence-corrected chi connectivity index (χ4v) is 2.76. The average Bonchev–Trinajstić information content (AvgIpc) is 2.56. The summed E-state index contributed by atoms with van der Waals surface area (Å²) in [6.07, 6.45) is 0. The fraction of sp³-hybridized carbons (Fsp3) is 0.857. The predicted octanol–water partition coefficient (Wildman–Crippen LogP) is -0.419. The van der Waals surface area contributed by atoms with E-state index in [-0.39, 0.29) is 18.0 Å². The van der Waals surface area contributed by atoms with Crippen molar-refractivity contribution in [1.29, 1.82) is 0 Å². The molecule has 0 radical (unpaired) electrons. The molecule has 0 aliphatic carbocycles. The summed E-state index contributed by atoms with van der Waals surface area (Å²) in [5.41, 5.74) is 0. The predicted molar refractivity (Wildman–Crippen MR) is 79.1 cm³/mol. The number of ether oxygens (including phenoxy) is 1. The van der Waals surface area contributed by atoms with Crippen molar-refractivity contribution in [3.05, 3.63) is 0 Å². The van der Waals surface area contributed by atoms with Crippen LogP contribution in [0.4, 0.5) is 4.79 Å². The van der Waals surface area contributed by atoms with Crippen LogP contribution in [0.15, 0.2) is 0 Å². The van der Waals surface area contributed by atoms with Crippen molar-refractivity contribution >= 4 is 11.9 Å². The van der Waals surface area contributed by atoms with E-state index >= 15 is 0 Å². The van der Waals surface area contributed by atoms with Gasteiger partial charge in [0.15, 0.2) is 0 Å². The van der Waals surface area contributed by atoms with E-state index in [1.54, 1.807) is 0 Å². The van der Waals surface area contributed by atoms with E-state index in [2.05, 4.69) is 5.32 Å². The molecule has 0 bridgehead atoms. The molecule has 2 rings (SSSR count). The molecule has 0 aromatic rings. The monoisotopic (exact) mass is 298 g/mol. The topological polar surface area (TPSA) is 65.1 Å². The average molecular weight is 298 g/mol. The Hall–Kier alpha value is -1.34. The molecule has 2 aliphatic rings. The van der Waals surface area contributed by atoms with Gasteiger partial charge in [0.2, 0.25) is 5.91 Å². The Balaban J connectivity index is 1.82. The first kappa shape index (κ1) is 16.0. The third-order valence-electron chi connectivity index (χ3n) is 4.12. The van der Waals surface area contributed by atoms with E-state index in [1.807, 2.05) is 28.5 Å². The molecule has 2 heterocycles. The number of morpholine rings is 1. The summed E-state index contributed by atoms with van der Waals surface area (Å²) in [5, 5.41) is 3.18. The van der Waals surface area contributed by atoms with Gasteiger partial charge in [0.1, 0.15) is 6.04 Å². The van der Waals surface area contributed by atoms with Crippen LogP contribution in [0.25, 0.3) is 0 Å². The molecule has 1 N–H and O–H groups in total. The van der Waals surface area contributed by atoms with E-state index in [1.165, 1.54) is 0 Å². The van der Waals surface area contributed by atoms with Crippen LogP contribution in [0.3, 0.4) is 0 Å².